The second-order valence-corrected chi connectivity index (χ2v) is 4.45. The second-order valence-electron chi connectivity index (χ2n) is 4.45. The monoisotopic (exact) mass is 214 g/mol. The molecule has 0 spiro atoms. The average molecular weight is 214 g/mol. The molecule has 0 aliphatic heterocycles. The van der Waals surface area contributed by atoms with E-state index in [1.165, 1.54) is 12.1 Å². The topological polar surface area (TPSA) is 17.1 Å². The van der Waals surface area contributed by atoms with Crippen LogP contribution in [-0.2, 0) is 10.2 Å². The molecule has 0 saturated heterocycles. The molecule has 0 amide bonds. The molecule has 0 radical (unpaired) electrons. The van der Waals surface area contributed by atoms with Gasteiger partial charge in [0.15, 0.2) is 0 Å². The normalized spacial score (nSPS) is 17.3. The molecule has 0 bridgehead atoms. The van der Waals surface area contributed by atoms with Crippen LogP contribution in [0.15, 0.2) is 36.4 Å². The van der Waals surface area contributed by atoms with Crippen molar-refractivity contribution in [3.8, 4) is 0 Å². The van der Waals surface area contributed by atoms with E-state index in [1.807, 2.05) is 18.2 Å². The number of rotatable bonds is 2. The van der Waals surface area contributed by atoms with Gasteiger partial charge in [-0.2, -0.15) is 0 Å². The van der Waals surface area contributed by atoms with Crippen molar-refractivity contribution in [3.05, 3.63) is 47.8 Å². The molecule has 0 atom stereocenters. The molecule has 2 aromatic rings. The molecule has 1 fully saturated rings. The van der Waals surface area contributed by atoms with Crippen molar-refractivity contribution in [2.45, 2.75) is 18.3 Å². The van der Waals surface area contributed by atoms with E-state index in [9.17, 15) is 9.18 Å². The summed E-state index contributed by atoms with van der Waals surface area (Å²) in [6.45, 7) is 0. The summed E-state index contributed by atoms with van der Waals surface area (Å²) >= 11 is 0. The van der Waals surface area contributed by atoms with E-state index in [0.29, 0.717) is 0 Å². The fourth-order valence-corrected chi connectivity index (χ4v) is 2.26. The molecular formula is C14H11FO. The molecule has 16 heavy (non-hydrogen) atoms. The van der Waals surface area contributed by atoms with Gasteiger partial charge in [-0.05, 0) is 41.3 Å². The van der Waals surface area contributed by atoms with Gasteiger partial charge in [0.1, 0.15) is 12.1 Å². The van der Waals surface area contributed by atoms with Crippen molar-refractivity contribution in [2.24, 2.45) is 0 Å². The van der Waals surface area contributed by atoms with Crippen molar-refractivity contribution in [1.29, 1.82) is 0 Å². The molecule has 3 rings (SSSR count). The molecule has 0 heterocycles. The second kappa shape index (κ2) is 3.14. The lowest BCUT2D eigenvalue weighted by atomic mass is 9.92. The summed E-state index contributed by atoms with van der Waals surface area (Å²) in [5.74, 6) is -0.248. The van der Waals surface area contributed by atoms with E-state index < -0.39 is 0 Å². The first-order valence-electron chi connectivity index (χ1n) is 5.40. The molecule has 0 N–H and O–H groups in total. The third kappa shape index (κ3) is 1.26. The zero-order valence-electron chi connectivity index (χ0n) is 8.74. The SMILES string of the molecule is O=CC1(c2cccc3ccc(F)cc23)CC1. The van der Waals surface area contributed by atoms with Gasteiger partial charge in [-0.15, -0.1) is 0 Å². The van der Waals surface area contributed by atoms with E-state index in [4.69, 9.17) is 0 Å². The van der Waals surface area contributed by atoms with E-state index in [1.54, 1.807) is 6.07 Å². The Labute approximate surface area is 92.9 Å². The molecular weight excluding hydrogens is 203 g/mol. The molecule has 80 valence electrons. The molecule has 1 nitrogen and oxygen atoms in total. The quantitative estimate of drug-likeness (QED) is 0.701. The van der Waals surface area contributed by atoms with Gasteiger partial charge in [0.2, 0.25) is 0 Å². The Balaban J connectivity index is 2.32. The fourth-order valence-electron chi connectivity index (χ4n) is 2.26. The van der Waals surface area contributed by atoms with Gasteiger partial charge >= 0.3 is 0 Å². The zero-order chi connectivity index (χ0) is 11.2. The summed E-state index contributed by atoms with van der Waals surface area (Å²) in [6.07, 6.45) is 2.77. The maximum atomic E-state index is 13.2. The van der Waals surface area contributed by atoms with Crippen LogP contribution < -0.4 is 0 Å². The minimum atomic E-state index is -0.340. The molecule has 1 saturated carbocycles. The number of benzene rings is 2. The minimum Gasteiger partial charge on any atom is -0.302 e. The largest absolute Gasteiger partial charge is 0.302 e. The highest BCUT2D eigenvalue weighted by Gasteiger charge is 2.45. The third-order valence-corrected chi connectivity index (χ3v) is 3.39. The zero-order valence-corrected chi connectivity index (χ0v) is 8.74. The van der Waals surface area contributed by atoms with Crippen LogP contribution in [0.1, 0.15) is 18.4 Å². The van der Waals surface area contributed by atoms with Crippen LogP contribution in [0, 0.1) is 5.82 Å². The molecule has 2 heteroatoms. The standard InChI is InChI=1S/C14H11FO/c15-11-5-4-10-2-1-3-13(12(10)8-11)14(9-16)6-7-14/h1-5,8-9H,6-7H2. The lowest BCUT2D eigenvalue weighted by Crippen LogP contribution is -2.08. The Hall–Kier alpha value is -1.70. The van der Waals surface area contributed by atoms with Gasteiger partial charge < -0.3 is 4.79 Å². The maximum Gasteiger partial charge on any atom is 0.130 e. The molecule has 2 aromatic carbocycles. The van der Waals surface area contributed by atoms with Crippen LogP contribution in [-0.4, -0.2) is 6.29 Å². The lowest BCUT2D eigenvalue weighted by molar-refractivity contribution is -0.109. The summed E-state index contributed by atoms with van der Waals surface area (Å²) < 4.78 is 13.2. The Kier molecular flexibility index (Phi) is 1.87. The smallest absolute Gasteiger partial charge is 0.130 e. The first-order chi connectivity index (χ1) is 7.75. The van der Waals surface area contributed by atoms with Gasteiger partial charge in [0.25, 0.3) is 0 Å². The van der Waals surface area contributed by atoms with E-state index in [2.05, 4.69) is 0 Å². The average Bonchev–Trinajstić information content (AvgIpc) is 3.09. The minimum absolute atomic E-state index is 0.248. The predicted octanol–water partition coefficient (Wildman–Crippen LogP) is 3.21. The van der Waals surface area contributed by atoms with Crippen LogP contribution in [0.25, 0.3) is 10.8 Å². The van der Waals surface area contributed by atoms with Gasteiger partial charge in [-0.25, -0.2) is 4.39 Å². The lowest BCUT2D eigenvalue weighted by Gasteiger charge is -2.11. The number of fused-ring (bicyclic) bond motifs is 1. The van der Waals surface area contributed by atoms with Gasteiger partial charge in [-0.1, -0.05) is 24.3 Å². The van der Waals surface area contributed by atoms with Crippen molar-refractivity contribution in [3.63, 3.8) is 0 Å². The first kappa shape index (κ1) is 9.52. The Bertz CT molecular complexity index is 570. The number of carbonyl (C=O) groups excluding carboxylic acids is 1. The highest BCUT2D eigenvalue weighted by atomic mass is 19.1. The van der Waals surface area contributed by atoms with E-state index in [0.717, 1.165) is 35.5 Å². The van der Waals surface area contributed by atoms with Gasteiger partial charge in [0.05, 0.1) is 5.41 Å². The number of hydrogen-bond acceptors (Lipinski definition) is 1. The molecule has 0 aromatic heterocycles. The van der Waals surface area contributed by atoms with Gasteiger partial charge in [0, 0.05) is 0 Å². The summed E-state index contributed by atoms with van der Waals surface area (Å²) in [4.78, 5) is 11.1. The van der Waals surface area contributed by atoms with Crippen molar-refractivity contribution in [2.75, 3.05) is 0 Å². The highest BCUT2D eigenvalue weighted by molar-refractivity contribution is 5.91. The summed E-state index contributed by atoms with van der Waals surface area (Å²) in [5.41, 5.74) is 0.632. The van der Waals surface area contributed by atoms with Crippen molar-refractivity contribution in [1.82, 2.24) is 0 Å². The fraction of sp³-hybridized carbons (Fsp3) is 0.214. The number of carbonyl (C=O) groups is 1. The van der Waals surface area contributed by atoms with Crippen LogP contribution in [0.5, 0.6) is 0 Å². The van der Waals surface area contributed by atoms with E-state index in [-0.39, 0.29) is 11.2 Å². The van der Waals surface area contributed by atoms with Crippen LogP contribution in [0.4, 0.5) is 4.39 Å². The summed E-state index contributed by atoms with van der Waals surface area (Å²) in [6, 6.07) is 10.5. The number of aldehydes is 1. The van der Waals surface area contributed by atoms with E-state index >= 15 is 0 Å². The molecule has 0 unspecified atom stereocenters. The Morgan fingerprint density at radius 3 is 2.69 bits per heavy atom. The Morgan fingerprint density at radius 1 is 1.19 bits per heavy atom. The summed E-state index contributed by atoms with van der Waals surface area (Å²) in [7, 11) is 0. The van der Waals surface area contributed by atoms with Crippen LogP contribution in [0.2, 0.25) is 0 Å². The van der Waals surface area contributed by atoms with Crippen LogP contribution in [0.3, 0.4) is 0 Å². The maximum absolute atomic E-state index is 13.2. The third-order valence-electron chi connectivity index (χ3n) is 3.39. The van der Waals surface area contributed by atoms with Crippen molar-refractivity contribution < 1.29 is 9.18 Å². The molecule has 1 aliphatic rings. The van der Waals surface area contributed by atoms with Crippen LogP contribution >= 0.6 is 0 Å². The number of halogens is 1. The first-order valence-corrected chi connectivity index (χ1v) is 5.40. The molecule has 1 aliphatic carbocycles. The summed E-state index contributed by atoms with van der Waals surface area (Å²) in [5, 5.41) is 1.86. The predicted molar refractivity (Wildman–Crippen MR) is 60.9 cm³/mol. The van der Waals surface area contributed by atoms with Crippen molar-refractivity contribution >= 4 is 17.1 Å². The highest BCUT2D eigenvalue weighted by Crippen LogP contribution is 2.48. The number of hydrogen-bond donors (Lipinski definition) is 0. The Morgan fingerprint density at radius 2 is 2.00 bits per heavy atom. The van der Waals surface area contributed by atoms with Gasteiger partial charge in [-0.3, -0.25) is 0 Å².